The summed E-state index contributed by atoms with van der Waals surface area (Å²) in [5.74, 6) is 1.69. The van der Waals surface area contributed by atoms with Gasteiger partial charge in [-0.3, -0.25) is 4.79 Å². The lowest BCUT2D eigenvalue weighted by Crippen LogP contribution is -2.51. The maximum absolute atomic E-state index is 12.3. The van der Waals surface area contributed by atoms with Gasteiger partial charge in [0.1, 0.15) is 5.78 Å². The molecule has 0 saturated heterocycles. The second-order valence-electron chi connectivity index (χ2n) is 7.03. The van der Waals surface area contributed by atoms with E-state index in [2.05, 4.69) is 11.6 Å². The van der Waals surface area contributed by atoms with Gasteiger partial charge >= 0.3 is 0 Å². The predicted molar refractivity (Wildman–Crippen MR) is 89.5 cm³/mol. The lowest BCUT2D eigenvalue weighted by molar-refractivity contribution is -0.147. The number of rotatable bonds is 5. The fourth-order valence-electron chi connectivity index (χ4n) is 4.17. The summed E-state index contributed by atoms with van der Waals surface area (Å²) in [6.45, 7) is 4.45. The van der Waals surface area contributed by atoms with Gasteiger partial charge in [0, 0.05) is 18.4 Å². The Balaban J connectivity index is 1.57. The first-order chi connectivity index (χ1) is 10.9. The van der Waals surface area contributed by atoms with Crippen molar-refractivity contribution in [2.45, 2.75) is 44.4 Å². The third-order valence-corrected chi connectivity index (χ3v) is 7.03. The van der Waals surface area contributed by atoms with Gasteiger partial charge in [-0.05, 0) is 56.6 Å². The summed E-state index contributed by atoms with van der Waals surface area (Å²) in [4.78, 5) is 12.4. The highest BCUT2D eigenvalue weighted by Gasteiger charge is 2.50. The van der Waals surface area contributed by atoms with Crippen LogP contribution in [-0.2, 0) is 14.8 Å². The Kier molecular flexibility index (Phi) is 4.61. The zero-order chi connectivity index (χ0) is 16.6. The Morgan fingerprint density at radius 1 is 1.17 bits per heavy atom. The number of hydrogen-bond acceptors (Lipinski definition) is 3. The summed E-state index contributed by atoms with van der Waals surface area (Å²) in [6, 6.07) is 6.88. The number of carbonyl (C=O) groups excluding carboxylic acids is 1. The molecule has 0 spiro atoms. The first-order valence-electron chi connectivity index (χ1n) is 8.52. The number of carbonyl (C=O) groups is 1. The molecular weight excluding hydrogens is 310 g/mol. The minimum absolute atomic E-state index is 0.183. The van der Waals surface area contributed by atoms with Crippen LogP contribution in [0.3, 0.4) is 0 Å². The zero-order valence-electron chi connectivity index (χ0n) is 13.8. The zero-order valence-corrected chi connectivity index (χ0v) is 14.6. The Morgan fingerprint density at radius 2 is 1.87 bits per heavy atom. The van der Waals surface area contributed by atoms with Crippen LogP contribution in [0.4, 0.5) is 0 Å². The van der Waals surface area contributed by atoms with Crippen molar-refractivity contribution in [2.24, 2.45) is 23.7 Å². The fraction of sp³-hybridized carbons (Fsp3) is 0.611. The number of benzene rings is 1. The molecule has 0 aromatic heterocycles. The summed E-state index contributed by atoms with van der Waals surface area (Å²) in [6.07, 6.45) is 3.87. The lowest BCUT2D eigenvalue weighted by Gasteiger charge is -2.48. The van der Waals surface area contributed by atoms with Gasteiger partial charge in [0.2, 0.25) is 10.0 Å². The molecule has 0 bridgehead atoms. The Labute approximate surface area is 138 Å². The molecule has 0 unspecified atom stereocenters. The minimum atomic E-state index is -3.45. The van der Waals surface area contributed by atoms with Crippen LogP contribution in [0, 0.1) is 30.6 Å². The first kappa shape index (κ1) is 16.7. The van der Waals surface area contributed by atoms with Gasteiger partial charge in [0.15, 0.2) is 0 Å². The molecule has 3 rings (SSSR count). The van der Waals surface area contributed by atoms with Crippen molar-refractivity contribution in [1.82, 2.24) is 4.72 Å². The molecule has 1 N–H and O–H groups in total. The highest BCUT2D eigenvalue weighted by Crippen LogP contribution is 2.49. The standard InChI is InChI=1S/C18H25NO3S/c1-3-15-16-9-6-13(10-17(16)18(15)20)11-19-23(21,22)14-7-4-12(2)5-8-14/h4-5,7-8,13,15-17,19H,3,6,9-11H2,1-2H3/t13-,15+,16-,17-/m1/s1. The van der Waals surface area contributed by atoms with E-state index in [0.29, 0.717) is 23.1 Å². The van der Waals surface area contributed by atoms with E-state index in [-0.39, 0.29) is 17.8 Å². The number of aryl methyl sites for hydroxylation is 1. The number of Topliss-reactive ketones (excluding diaryl/α,β-unsaturated/α-hetero) is 1. The smallest absolute Gasteiger partial charge is 0.240 e. The van der Waals surface area contributed by atoms with Crippen LogP contribution in [0.15, 0.2) is 29.2 Å². The Hall–Kier alpha value is -1.20. The number of nitrogens with one attached hydrogen (secondary N) is 1. The normalized spacial score (nSPS) is 30.6. The maximum Gasteiger partial charge on any atom is 0.240 e. The highest BCUT2D eigenvalue weighted by molar-refractivity contribution is 7.89. The molecule has 5 heteroatoms. The third-order valence-electron chi connectivity index (χ3n) is 5.59. The van der Waals surface area contributed by atoms with E-state index in [9.17, 15) is 13.2 Å². The van der Waals surface area contributed by atoms with Crippen LogP contribution < -0.4 is 4.72 Å². The van der Waals surface area contributed by atoms with Crippen LogP contribution in [0.1, 0.15) is 38.2 Å². The van der Waals surface area contributed by atoms with Crippen molar-refractivity contribution >= 4 is 15.8 Å². The Morgan fingerprint density at radius 3 is 2.52 bits per heavy atom. The molecule has 0 radical (unpaired) electrons. The molecule has 0 heterocycles. The summed E-state index contributed by atoms with van der Waals surface area (Å²) < 4.78 is 27.4. The molecule has 1 aromatic carbocycles. The lowest BCUT2D eigenvalue weighted by atomic mass is 9.55. The minimum Gasteiger partial charge on any atom is -0.299 e. The van der Waals surface area contributed by atoms with Crippen molar-refractivity contribution < 1.29 is 13.2 Å². The van der Waals surface area contributed by atoms with Crippen molar-refractivity contribution in [2.75, 3.05) is 6.54 Å². The van der Waals surface area contributed by atoms with Gasteiger partial charge in [0.05, 0.1) is 4.90 Å². The van der Waals surface area contributed by atoms with Gasteiger partial charge < -0.3 is 0 Å². The molecule has 1 aromatic rings. The summed E-state index contributed by atoms with van der Waals surface area (Å²) in [5, 5.41) is 0. The summed E-state index contributed by atoms with van der Waals surface area (Å²) in [7, 11) is -3.45. The predicted octanol–water partition coefficient (Wildman–Crippen LogP) is 2.91. The van der Waals surface area contributed by atoms with Crippen LogP contribution in [0.2, 0.25) is 0 Å². The van der Waals surface area contributed by atoms with Crippen LogP contribution in [0.5, 0.6) is 0 Å². The molecule has 23 heavy (non-hydrogen) atoms. The Bertz CT molecular complexity index is 681. The monoisotopic (exact) mass is 335 g/mol. The van der Waals surface area contributed by atoms with E-state index >= 15 is 0 Å². The summed E-state index contributed by atoms with van der Waals surface area (Å²) >= 11 is 0. The van der Waals surface area contributed by atoms with Crippen molar-refractivity contribution in [3.63, 3.8) is 0 Å². The third kappa shape index (κ3) is 3.22. The molecule has 4 nitrogen and oxygen atoms in total. The molecule has 4 atom stereocenters. The quantitative estimate of drug-likeness (QED) is 0.900. The van der Waals surface area contributed by atoms with E-state index in [4.69, 9.17) is 0 Å². The average Bonchev–Trinajstić information content (AvgIpc) is 2.54. The second kappa shape index (κ2) is 6.36. The number of hydrogen-bond donors (Lipinski definition) is 1. The SMILES string of the molecule is CC[C@@H]1C(=O)[C@@H]2C[C@H](CNS(=O)(=O)c3ccc(C)cc3)CC[C@H]12. The molecule has 2 aliphatic rings. The molecule has 0 amide bonds. The average molecular weight is 335 g/mol. The van der Waals surface area contributed by atoms with Gasteiger partial charge in [-0.1, -0.05) is 24.6 Å². The molecule has 2 saturated carbocycles. The topological polar surface area (TPSA) is 63.2 Å². The van der Waals surface area contributed by atoms with Crippen molar-refractivity contribution in [3.8, 4) is 0 Å². The van der Waals surface area contributed by atoms with E-state index in [0.717, 1.165) is 31.2 Å². The fourth-order valence-corrected chi connectivity index (χ4v) is 5.29. The van der Waals surface area contributed by atoms with E-state index in [1.165, 1.54) is 0 Å². The number of fused-ring (bicyclic) bond motifs is 1. The van der Waals surface area contributed by atoms with E-state index < -0.39 is 10.0 Å². The van der Waals surface area contributed by atoms with E-state index in [1.807, 2.05) is 6.92 Å². The van der Waals surface area contributed by atoms with Crippen LogP contribution in [0.25, 0.3) is 0 Å². The number of ketones is 1. The maximum atomic E-state index is 12.3. The largest absolute Gasteiger partial charge is 0.299 e. The molecule has 2 aliphatic carbocycles. The second-order valence-corrected chi connectivity index (χ2v) is 8.80. The molecule has 126 valence electrons. The van der Waals surface area contributed by atoms with E-state index in [1.54, 1.807) is 24.3 Å². The van der Waals surface area contributed by atoms with Gasteiger partial charge in [0.25, 0.3) is 0 Å². The molecule has 0 aliphatic heterocycles. The number of sulfonamides is 1. The van der Waals surface area contributed by atoms with Gasteiger partial charge in [-0.15, -0.1) is 0 Å². The van der Waals surface area contributed by atoms with Gasteiger partial charge in [-0.25, -0.2) is 13.1 Å². The van der Waals surface area contributed by atoms with Crippen molar-refractivity contribution in [1.29, 1.82) is 0 Å². The van der Waals surface area contributed by atoms with Gasteiger partial charge in [-0.2, -0.15) is 0 Å². The van der Waals surface area contributed by atoms with Crippen LogP contribution in [-0.4, -0.2) is 20.7 Å². The molecular formula is C18H25NO3S. The van der Waals surface area contributed by atoms with Crippen molar-refractivity contribution in [3.05, 3.63) is 29.8 Å². The summed E-state index contributed by atoms with van der Waals surface area (Å²) in [5.41, 5.74) is 1.04. The highest BCUT2D eigenvalue weighted by atomic mass is 32.2. The van der Waals surface area contributed by atoms with Crippen LogP contribution >= 0.6 is 0 Å². The molecule has 2 fully saturated rings. The first-order valence-corrected chi connectivity index (χ1v) is 10.0.